The van der Waals surface area contributed by atoms with E-state index >= 15 is 0 Å². The Kier molecular flexibility index (Phi) is 4.13. The molecule has 3 aliphatic rings. The molecule has 6 nitrogen and oxygen atoms in total. The number of aromatic amines is 1. The van der Waals surface area contributed by atoms with Gasteiger partial charge in [0, 0.05) is 42.9 Å². The number of fused-ring (bicyclic) bond motifs is 1. The van der Waals surface area contributed by atoms with Crippen LogP contribution < -0.4 is 0 Å². The Hall–Kier alpha value is -1.73. The van der Waals surface area contributed by atoms with Gasteiger partial charge in [0.25, 0.3) is 0 Å². The first-order valence-electron chi connectivity index (χ1n) is 9.99. The van der Waals surface area contributed by atoms with Gasteiger partial charge >= 0.3 is 0 Å². The van der Waals surface area contributed by atoms with Crippen LogP contribution in [0.15, 0.2) is 11.4 Å². The van der Waals surface area contributed by atoms with Crippen molar-refractivity contribution in [2.24, 2.45) is 11.8 Å². The van der Waals surface area contributed by atoms with Crippen LogP contribution in [-0.2, 0) is 16.8 Å². The average molecular weight is 386 g/mol. The molecule has 2 aromatic heterocycles. The van der Waals surface area contributed by atoms with Crippen LogP contribution in [0.1, 0.15) is 41.4 Å². The molecule has 4 heterocycles. The summed E-state index contributed by atoms with van der Waals surface area (Å²) in [5.74, 6) is 2.83. The standard InChI is InChI=1S/C20H27N5OS/c1-13-5-8-27-17(13)11-24-7-6-20(19-21-14(2)22-23-19)12-25(10-16(20)9-24)18(26)15-3-4-15/h5,8,15-16H,3-4,6-7,9-12H2,1-2H3,(H,21,22,23)/t16-,20-/m1/s1. The minimum Gasteiger partial charge on any atom is -0.341 e. The van der Waals surface area contributed by atoms with Gasteiger partial charge in [-0.1, -0.05) is 0 Å². The third-order valence-electron chi connectivity index (χ3n) is 6.66. The van der Waals surface area contributed by atoms with E-state index in [1.54, 1.807) is 0 Å². The first-order valence-corrected chi connectivity index (χ1v) is 10.9. The quantitative estimate of drug-likeness (QED) is 0.878. The van der Waals surface area contributed by atoms with Gasteiger partial charge in [-0.3, -0.25) is 14.8 Å². The molecule has 3 fully saturated rings. The SMILES string of the molecule is Cc1nc([C@@]23CCN(Cc4sccc4C)C[C@@H]2CN(C(=O)C2CC2)C3)n[nH]1. The summed E-state index contributed by atoms with van der Waals surface area (Å²) in [5, 5.41) is 9.76. The predicted octanol–water partition coefficient (Wildman–Crippen LogP) is 2.50. The molecule has 0 unspecified atom stereocenters. The molecule has 0 radical (unpaired) electrons. The van der Waals surface area contributed by atoms with E-state index in [2.05, 4.69) is 38.4 Å². The maximum absolute atomic E-state index is 12.8. The molecule has 2 atom stereocenters. The van der Waals surface area contributed by atoms with E-state index in [0.717, 1.165) is 63.6 Å². The van der Waals surface area contributed by atoms with E-state index in [4.69, 9.17) is 4.98 Å². The summed E-state index contributed by atoms with van der Waals surface area (Å²) < 4.78 is 0. The van der Waals surface area contributed by atoms with Crippen LogP contribution in [0.2, 0.25) is 0 Å². The fourth-order valence-corrected chi connectivity index (χ4v) is 5.80. The number of hydrogen-bond donors (Lipinski definition) is 1. The van der Waals surface area contributed by atoms with E-state index in [1.165, 1.54) is 10.4 Å². The number of aryl methyl sites for hydroxylation is 2. The zero-order valence-electron chi connectivity index (χ0n) is 16.1. The normalized spacial score (nSPS) is 28.5. The summed E-state index contributed by atoms with van der Waals surface area (Å²) in [4.78, 5) is 23.6. The summed E-state index contributed by atoms with van der Waals surface area (Å²) in [6.45, 7) is 8.85. The van der Waals surface area contributed by atoms with Gasteiger partial charge in [0.05, 0.1) is 5.41 Å². The Labute approximate surface area is 164 Å². The van der Waals surface area contributed by atoms with Crippen LogP contribution in [0.5, 0.6) is 0 Å². The Morgan fingerprint density at radius 2 is 2.22 bits per heavy atom. The van der Waals surface area contributed by atoms with E-state index in [1.807, 2.05) is 18.3 Å². The largest absolute Gasteiger partial charge is 0.341 e. The second-order valence-corrected chi connectivity index (χ2v) is 9.60. The Morgan fingerprint density at radius 3 is 2.89 bits per heavy atom. The molecule has 144 valence electrons. The Morgan fingerprint density at radius 1 is 1.37 bits per heavy atom. The fourth-order valence-electron chi connectivity index (χ4n) is 4.85. The van der Waals surface area contributed by atoms with Gasteiger partial charge in [0.1, 0.15) is 5.82 Å². The van der Waals surface area contributed by atoms with Crippen LogP contribution in [0.3, 0.4) is 0 Å². The molecule has 5 rings (SSSR count). The molecule has 2 aromatic rings. The molecule has 1 amide bonds. The van der Waals surface area contributed by atoms with Crippen molar-refractivity contribution in [2.75, 3.05) is 26.2 Å². The molecule has 27 heavy (non-hydrogen) atoms. The smallest absolute Gasteiger partial charge is 0.225 e. The van der Waals surface area contributed by atoms with E-state index in [9.17, 15) is 4.79 Å². The van der Waals surface area contributed by atoms with Crippen molar-refractivity contribution < 1.29 is 4.79 Å². The summed E-state index contributed by atoms with van der Waals surface area (Å²) >= 11 is 1.85. The van der Waals surface area contributed by atoms with Gasteiger partial charge in [0.15, 0.2) is 5.82 Å². The summed E-state index contributed by atoms with van der Waals surface area (Å²) in [5.41, 5.74) is 1.30. The van der Waals surface area contributed by atoms with Crippen molar-refractivity contribution in [3.8, 4) is 0 Å². The second kappa shape index (κ2) is 6.41. The molecule has 2 aliphatic heterocycles. The molecule has 1 aliphatic carbocycles. The van der Waals surface area contributed by atoms with Crippen molar-refractivity contribution in [1.82, 2.24) is 25.0 Å². The van der Waals surface area contributed by atoms with E-state index in [0.29, 0.717) is 11.8 Å². The Bertz CT molecular complexity index is 856. The summed E-state index contributed by atoms with van der Waals surface area (Å²) in [7, 11) is 0. The lowest BCUT2D eigenvalue weighted by Crippen LogP contribution is -2.49. The topological polar surface area (TPSA) is 65.1 Å². The molecule has 7 heteroatoms. The maximum atomic E-state index is 12.8. The molecule has 1 N–H and O–H groups in total. The number of H-pyrrole nitrogens is 1. The minimum atomic E-state index is -0.0870. The fraction of sp³-hybridized carbons (Fsp3) is 0.650. The zero-order valence-corrected chi connectivity index (χ0v) is 16.9. The number of hydrogen-bond acceptors (Lipinski definition) is 5. The lowest BCUT2D eigenvalue weighted by atomic mass is 9.72. The molecule has 0 spiro atoms. The molecular weight excluding hydrogens is 358 g/mol. The minimum absolute atomic E-state index is 0.0870. The van der Waals surface area contributed by atoms with Crippen LogP contribution in [0.25, 0.3) is 0 Å². The van der Waals surface area contributed by atoms with Crippen molar-refractivity contribution in [2.45, 2.75) is 45.1 Å². The molecule has 0 aromatic carbocycles. The lowest BCUT2D eigenvalue weighted by molar-refractivity contribution is -0.131. The third kappa shape index (κ3) is 3.01. The van der Waals surface area contributed by atoms with Crippen LogP contribution in [0.4, 0.5) is 0 Å². The number of rotatable bonds is 4. The van der Waals surface area contributed by atoms with Crippen molar-refractivity contribution in [3.05, 3.63) is 33.5 Å². The van der Waals surface area contributed by atoms with Crippen LogP contribution in [-0.4, -0.2) is 57.1 Å². The highest BCUT2D eigenvalue weighted by molar-refractivity contribution is 7.10. The zero-order chi connectivity index (χ0) is 18.6. The highest BCUT2D eigenvalue weighted by Crippen LogP contribution is 2.46. The van der Waals surface area contributed by atoms with E-state index in [-0.39, 0.29) is 11.3 Å². The van der Waals surface area contributed by atoms with Gasteiger partial charge in [-0.25, -0.2) is 4.98 Å². The highest BCUT2D eigenvalue weighted by Gasteiger charge is 2.54. The third-order valence-corrected chi connectivity index (χ3v) is 7.67. The van der Waals surface area contributed by atoms with Gasteiger partial charge in [-0.2, -0.15) is 5.10 Å². The number of nitrogens with zero attached hydrogens (tertiary/aromatic N) is 4. The first kappa shape index (κ1) is 17.4. The number of amides is 1. The predicted molar refractivity (Wildman–Crippen MR) is 105 cm³/mol. The molecule has 0 bridgehead atoms. The maximum Gasteiger partial charge on any atom is 0.225 e. The number of thiophene rings is 1. The van der Waals surface area contributed by atoms with Gasteiger partial charge in [-0.05, 0) is 56.7 Å². The average Bonchev–Trinajstić information content (AvgIpc) is 3.10. The summed E-state index contributed by atoms with van der Waals surface area (Å²) in [6.07, 6.45) is 3.15. The summed E-state index contributed by atoms with van der Waals surface area (Å²) in [6, 6.07) is 2.20. The second-order valence-electron chi connectivity index (χ2n) is 8.60. The van der Waals surface area contributed by atoms with Gasteiger partial charge in [0.2, 0.25) is 5.91 Å². The highest BCUT2D eigenvalue weighted by atomic mass is 32.1. The van der Waals surface area contributed by atoms with Crippen molar-refractivity contribution in [3.63, 3.8) is 0 Å². The van der Waals surface area contributed by atoms with Gasteiger partial charge in [-0.15, -0.1) is 11.3 Å². The molecular formula is C20H27N5OS. The number of likely N-dealkylation sites (tertiary alicyclic amines) is 2. The van der Waals surface area contributed by atoms with E-state index < -0.39 is 0 Å². The number of piperidine rings is 1. The number of aromatic nitrogens is 3. The van der Waals surface area contributed by atoms with Gasteiger partial charge < -0.3 is 4.90 Å². The lowest BCUT2D eigenvalue weighted by Gasteiger charge is -2.41. The molecule has 2 saturated heterocycles. The Balaban J connectivity index is 1.40. The monoisotopic (exact) mass is 385 g/mol. The number of carbonyl (C=O) groups excluding carboxylic acids is 1. The van der Waals surface area contributed by atoms with Crippen LogP contribution in [0, 0.1) is 25.7 Å². The first-order chi connectivity index (χ1) is 13.0. The van der Waals surface area contributed by atoms with Crippen molar-refractivity contribution in [1.29, 1.82) is 0 Å². The van der Waals surface area contributed by atoms with Crippen molar-refractivity contribution >= 4 is 17.2 Å². The molecule has 1 saturated carbocycles. The number of nitrogens with one attached hydrogen (secondary N) is 1. The number of carbonyl (C=O) groups is 1. The van der Waals surface area contributed by atoms with Crippen LogP contribution >= 0.6 is 11.3 Å².